The van der Waals surface area contributed by atoms with Gasteiger partial charge in [0.2, 0.25) is 10.0 Å². The number of hydrogen-bond acceptors (Lipinski definition) is 4. The summed E-state index contributed by atoms with van der Waals surface area (Å²) in [5.74, 6) is 0. The Morgan fingerprint density at radius 1 is 1.50 bits per heavy atom. The highest BCUT2D eigenvalue weighted by molar-refractivity contribution is 7.89. The standard InChI is InChI=1S/C10H15N3O2S/c1-13(9-3-4-9)16(14,15)10-5-2-8(6-11)12-7-10/h2,5,7,9H,3-4,6,11H2,1H3. The molecule has 0 bridgehead atoms. The van der Waals surface area contributed by atoms with Crippen molar-refractivity contribution in [3.05, 3.63) is 24.0 Å². The van der Waals surface area contributed by atoms with Gasteiger partial charge in [-0.05, 0) is 25.0 Å². The fourth-order valence-electron chi connectivity index (χ4n) is 1.48. The molecule has 0 spiro atoms. The first kappa shape index (κ1) is 11.5. The van der Waals surface area contributed by atoms with Crippen LogP contribution in [0.2, 0.25) is 0 Å². The summed E-state index contributed by atoms with van der Waals surface area (Å²) in [6.07, 6.45) is 3.27. The van der Waals surface area contributed by atoms with E-state index < -0.39 is 10.0 Å². The minimum absolute atomic E-state index is 0.166. The van der Waals surface area contributed by atoms with Crippen LogP contribution in [-0.4, -0.2) is 30.8 Å². The summed E-state index contributed by atoms with van der Waals surface area (Å²) < 4.78 is 25.6. The van der Waals surface area contributed by atoms with Crippen molar-refractivity contribution in [1.29, 1.82) is 0 Å². The molecule has 88 valence electrons. The molecule has 1 aliphatic carbocycles. The molecular formula is C10H15N3O2S. The van der Waals surface area contributed by atoms with Crippen LogP contribution in [0.1, 0.15) is 18.5 Å². The zero-order valence-electron chi connectivity index (χ0n) is 9.13. The van der Waals surface area contributed by atoms with Crippen LogP contribution in [0.25, 0.3) is 0 Å². The molecule has 0 radical (unpaired) electrons. The number of nitrogens with two attached hydrogens (primary N) is 1. The number of hydrogen-bond donors (Lipinski definition) is 1. The minimum Gasteiger partial charge on any atom is -0.325 e. The normalized spacial score (nSPS) is 16.7. The quantitative estimate of drug-likeness (QED) is 0.823. The van der Waals surface area contributed by atoms with Crippen LogP contribution < -0.4 is 5.73 Å². The molecule has 1 aromatic rings. The summed E-state index contributed by atoms with van der Waals surface area (Å²) in [6, 6.07) is 3.37. The monoisotopic (exact) mass is 241 g/mol. The topological polar surface area (TPSA) is 76.3 Å². The van der Waals surface area contributed by atoms with Crippen molar-refractivity contribution < 1.29 is 8.42 Å². The number of aromatic nitrogens is 1. The van der Waals surface area contributed by atoms with Crippen LogP contribution in [0.4, 0.5) is 0 Å². The lowest BCUT2D eigenvalue weighted by Gasteiger charge is -2.15. The maximum atomic E-state index is 12.1. The summed E-state index contributed by atoms with van der Waals surface area (Å²) in [4.78, 5) is 4.23. The Labute approximate surface area is 95.3 Å². The van der Waals surface area contributed by atoms with Crippen LogP contribution in [0.3, 0.4) is 0 Å². The first-order chi connectivity index (χ1) is 7.55. The summed E-state index contributed by atoms with van der Waals surface area (Å²) in [7, 11) is -1.76. The third-order valence-corrected chi connectivity index (χ3v) is 4.64. The zero-order valence-corrected chi connectivity index (χ0v) is 9.94. The predicted molar refractivity (Wildman–Crippen MR) is 60.1 cm³/mol. The summed E-state index contributed by atoms with van der Waals surface area (Å²) in [5.41, 5.74) is 6.09. The van der Waals surface area contributed by atoms with Crippen LogP contribution >= 0.6 is 0 Å². The Morgan fingerprint density at radius 2 is 2.19 bits per heavy atom. The van der Waals surface area contributed by atoms with Gasteiger partial charge in [-0.25, -0.2) is 8.42 Å². The Bertz CT molecular complexity index is 465. The van der Waals surface area contributed by atoms with Crippen molar-refractivity contribution in [1.82, 2.24) is 9.29 Å². The third kappa shape index (κ3) is 2.09. The number of sulfonamides is 1. The number of nitrogens with zero attached hydrogens (tertiary/aromatic N) is 2. The molecule has 0 saturated heterocycles. The summed E-state index contributed by atoms with van der Waals surface area (Å²) in [5, 5.41) is 0. The Morgan fingerprint density at radius 3 is 2.62 bits per heavy atom. The van der Waals surface area contributed by atoms with E-state index in [9.17, 15) is 8.42 Å². The average Bonchev–Trinajstić information content (AvgIpc) is 3.12. The first-order valence-electron chi connectivity index (χ1n) is 5.18. The zero-order chi connectivity index (χ0) is 11.8. The van der Waals surface area contributed by atoms with E-state index in [1.807, 2.05) is 0 Å². The fourth-order valence-corrected chi connectivity index (χ4v) is 2.85. The molecule has 0 aliphatic heterocycles. The van der Waals surface area contributed by atoms with Gasteiger partial charge in [0, 0.05) is 25.8 Å². The van der Waals surface area contributed by atoms with Gasteiger partial charge in [-0.2, -0.15) is 4.31 Å². The van der Waals surface area contributed by atoms with Gasteiger partial charge < -0.3 is 5.73 Å². The second kappa shape index (κ2) is 4.12. The van der Waals surface area contributed by atoms with E-state index >= 15 is 0 Å². The maximum absolute atomic E-state index is 12.1. The summed E-state index contributed by atoms with van der Waals surface area (Å²) in [6.45, 7) is 0.318. The van der Waals surface area contributed by atoms with Crippen molar-refractivity contribution in [2.75, 3.05) is 7.05 Å². The number of rotatable bonds is 4. The van der Waals surface area contributed by atoms with Crippen molar-refractivity contribution in [2.45, 2.75) is 30.3 Å². The van der Waals surface area contributed by atoms with Crippen LogP contribution in [0.5, 0.6) is 0 Å². The molecule has 1 saturated carbocycles. The highest BCUT2D eigenvalue weighted by Gasteiger charge is 2.35. The fraction of sp³-hybridized carbons (Fsp3) is 0.500. The van der Waals surface area contributed by atoms with Crippen LogP contribution in [0, 0.1) is 0 Å². The molecule has 1 aliphatic rings. The first-order valence-corrected chi connectivity index (χ1v) is 6.62. The van der Waals surface area contributed by atoms with Gasteiger partial charge in [-0.1, -0.05) is 0 Å². The summed E-state index contributed by atoms with van der Waals surface area (Å²) >= 11 is 0. The molecule has 2 N–H and O–H groups in total. The molecule has 6 heteroatoms. The van der Waals surface area contributed by atoms with Gasteiger partial charge in [0.1, 0.15) is 4.90 Å². The van der Waals surface area contributed by atoms with Crippen molar-refractivity contribution in [3.63, 3.8) is 0 Å². The van der Waals surface area contributed by atoms with Crippen molar-refractivity contribution in [2.24, 2.45) is 5.73 Å². The van der Waals surface area contributed by atoms with Gasteiger partial charge in [-0.15, -0.1) is 0 Å². The lowest BCUT2D eigenvalue weighted by molar-refractivity contribution is 0.464. The minimum atomic E-state index is -3.37. The van der Waals surface area contributed by atoms with E-state index in [1.54, 1.807) is 19.2 Å². The van der Waals surface area contributed by atoms with Gasteiger partial charge in [0.25, 0.3) is 0 Å². The maximum Gasteiger partial charge on any atom is 0.244 e. The van der Waals surface area contributed by atoms with Gasteiger partial charge in [0.15, 0.2) is 0 Å². The highest BCUT2D eigenvalue weighted by Crippen LogP contribution is 2.30. The molecule has 1 fully saturated rings. The molecule has 0 atom stereocenters. The van der Waals surface area contributed by atoms with Gasteiger partial charge in [0.05, 0.1) is 5.69 Å². The lowest BCUT2D eigenvalue weighted by Crippen LogP contribution is -2.29. The van der Waals surface area contributed by atoms with Crippen LogP contribution in [0.15, 0.2) is 23.2 Å². The Hall–Kier alpha value is -0.980. The van der Waals surface area contributed by atoms with Crippen molar-refractivity contribution >= 4 is 10.0 Å². The molecule has 0 amide bonds. The number of pyridine rings is 1. The molecule has 1 aromatic heterocycles. The molecular weight excluding hydrogens is 226 g/mol. The molecule has 5 nitrogen and oxygen atoms in total. The van der Waals surface area contributed by atoms with Crippen molar-refractivity contribution in [3.8, 4) is 0 Å². The van der Waals surface area contributed by atoms with Gasteiger partial charge >= 0.3 is 0 Å². The van der Waals surface area contributed by atoms with E-state index in [1.165, 1.54) is 10.5 Å². The van der Waals surface area contributed by atoms with E-state index in [4.69, 9.17) is 5.73 Å². The molecule has 16 heavy (non-hydrogen) atoms. The average molecular weight is 241 g/mol. The molecule has 0 unspecified atom stereocenters. The largest absolute Gasteiger partial charge is 0.325 e. The SMILES string of the molecule is CN(C1CC1)S(=O)(=O)c1ccc(CN)nc1. The Balaban J connectivity index is 2.27. The lowest BCUT2D eigenvalue weighted by atomic mass is 10.4. The predicted octanol–water partition coefficient (Wildman–Crippen LogP) is 0.323. The third-order valence-electron chi connectivity index (χ3n) is 2.74. The van der Waals surface area contributed by atoms with E-state index in [-0.39, 0.29) is 10.9 Å². The van der Waals surface area contributed by atoms with Gasteiger partial charge in [-0.3, -0.25) is 4.98 Å². The van der Waals surface area contributed by atoms with E-state index in [2.05, 4.69) is 4.98 Å². The Kier molecular flexibility index (Phi) is 2.96. The second-order valence-corrected chi connectivity index (χ2v) is 5.94. The smallest absolute Gasteiger partial charge is 0.244 e. The van der Waals surface area contributed by atoms with E-state index in [0.29, 0.717) is 12.2 Å². The second-order valence-electron chi connectivity index (χ2n) is 3.94. The molecule has 2 rings (SSSR count). The van der Waals surface area contributed by atoms with E-state index in [0.717, 1.165) is 12.8 Å². The molecule has 0 aromatic carbocycles. The van der Waals surface area contributed by atoms with Crippen LogP contribution in [-0.2, 0) is 16.6 Å². The highest BCUT2D eigenvalue weighted by atomic mass is 32.2. The molecule has 1 heterocycles.